The van der Waals surface area contributed by atoms with Crippen LogP contribution in [0.25, 0.3) is 0 Å². The van der Waals surface area contributed by atoms with Crippen LogP contribution in [-0.4, -0.2) is 15.9 Å². The molecule has 92 valence electrons. The number of rotatable bonds is 2. The summed E-state index contributed by atoms with van der Waals surface area (Å²) in [6, 6.07) is 4.23. The molecule has 1 aromatic carbocycles. The zero-order chi connectivity index (χ0) is 13.1. The lowest BCUT2D eigenvalue weighted by molar-refractivity contribution is 0.102. The van der Waals surface area contributed by atoms with Crippen molar-refractivity contribution in [2.45, 2.75) is 0 Å². The number of halogens is 3. The zero-order valence-electron chi connectivity index (χ0n) is 8.82. The topological polar surface area (TPSA) is 54.9 Å². The molecule has 1 aromatic heterocycles. The van der Waals surface area contributed by atoms with Crippen molar-refractivity contribution in [2.75, 3.05) is 5.32 Å². The van der Waals surface area contributed by atoms with E-state index in [1.165, 1.54) is 30.6 Å². The summed E-state index contributed by atoms with van der Waals surface area (Å²) < 4.78 is 14.1. The lowest BCUT2D eigenvalue weighted by Gasteiger charge is -2.06. The molecule has 18 heavy (non-hydrogen) atoms. The van der Waals surface area contributed by atoms with Gasteiger partial charge in [0.05, 0.1) is 18.1 Å². The predicted molar refractivity (Wildman–Crippen MR) is 69.1 cm³/mol. The Morgan fingerprint density at radius 2 is 2.11 bits per heavy atom. The number of hydrogen-bond acceptors (Lipinski definition) is 3. The SMILES string of the molecule is O=C(Nc1cc(Br)ccc1F)c1cnc(Cl)cn1. The van der Waals surface area contributed by atoms with Gasteiger partial charge in [0, 0.05) is 4.47 Å². The molecule has 0 spiro atoms. The van der Waals surface area contributed by atoms with Crippen LogP contribution in [0.15, 0.2) is 35.1 Å². The van der Waals surface area contributed by atoms with E-state index in [0.29, 0.717) is 4.47 Å². The first-order chi connectivity index (χ1) is 8.56. The fourth-order valence-corrected chi connectivity index (χ4v) is 1.67. The second-order valence-corrected chi connectivity index (χ2v) is 4.61. The van der Waals surface area contributed by atoms with E-state index in [0.717, 1.165) is 0 Å². The first kappa shape index (κ1) is 12.9. The highest BCUT2D eigenvalue weighted by molar-refractivity contribution is 9.10. The minimum Gasteiger partial charge on any atom is -0.318 e. The van der Waals surface area contributed by atoms with Gasteiger partial charge >= 0.3 is 0 Å². The number of amides is 1. The minimum absolute atomic E-state index is 0.0544. The summed E-state index contributed by atoms with van der Waals surface area (Å²) in [6.07, 6.45) is 2.46. The lowest BCUT2D eigenvalue weighted by Crippen LogP contribution is -2.14. The first-order valence-corrected chi connectivity index (χ1v) is 5.97. The molecular formula is C11H6BrClFN3O. The van der Waals surface area contributed by atoms with Crippen molar-refractivity contribution in [3.8, 4) is 0 Å². The van der Waals surface area contributed by atoms with Gasteiger partial charge in [-0.1, -0.05) is 27.5 Å². The number of nitrogens with one attached hydrogen (secondary N) is 1. The molecule has 0 bridgehead atoms. The average molecular weight is 331 g/mol. The summed E-state index contributed by atoms with van der Waals surface area (Å²) in [6.45, 7) is 0. The number of benzene rings is 1. The summed E-state index contributed by atoms with van der Waals surface area (Å²) in [5.74, 6) is -1.09. The van der Waals surface area contributed by atoms with Crippen LogP contribution in [-0.2, 0) is 0 Å². The van der Waals surface area contributed by atoms with Crippen molar-refractivity contribution < 1.29 is 9.18 Å². The van der Waals surface area contributed by atoms with E-state index in [2.05, 4.69) is 31.2 Å². The van der Waals surface area contributed by atoms with Crippen LogP contribution in [0.1, 0.15) is 10.5 Å². The second-order valence-electron chi connectivity index (χ2n) is 3.30. The molecule has 0 saturated carbocycles. The molecule has 2 rings (SSSR count). The normalized spacial score (nSPS) is 10.2. The molecule has 0 aliphatic heterocycles. The van der Waals surface area contributed by atoms with Crippen molar-refractivity contribution in [1.29, 1.82) is 0 Å². The van der Waals surface area contributed by atoms with Gasteiger partial charge in [0.1, 0.15) is 16.7 Å². The molecule has 0 unspecified atom stereocenters. The molecule has 1 N–H and O–H groups in total. The highest BCUT2D eigenvalue weighted by atomic mass is 79.9. The zero-order valence-corrected chi connectivity index (χ0v) is 11.2. The van der Waals surface area contributed by atoms with Gasteiger partial charge < -0.3 is 5.32 Å². The molecule has 1 amide bonds. The molecule has 0 fully saturated rings. The second kappa shape index (κ2) is 5.41. The Labute approximate surface area is 115 Å². The van der Waals surface area contributed by atoms with Crippen molar-refractivity contribution in [3.05, 3.63) is 51.7 Å². The quantitative estimate of drug-likeness (QED) is 0.919. The maximum Gasteiger partial charge on any atom is 0.275 e. The molecule has 0 aliphatic rings. The fourth-order valence-electron chi connectivity index (χ4n) is 1.21. The van der Waals surface area contributed by atoms with E-state index >= 15 is 0 Å². The standard InChI is InChI=1S/C11H6BrClFN3O/c12-6-1-2-7(14)8(3-6)17-11(18)9-4-16-10(13)5-15-9/h1-5H,(H,17,18). The Kier molecular flexibility index (Phi) is 3.88. The van der Waals surface area contributed by atoms with E-state index in [9.17, 15) is 9.18 Å². The predicted octanol–water partition coefficient (Wildman–Crippen LogP) is 3.28. The van der Waals surface area contributed by atoms with Crippen LogP contribution in [0.4, 0.5) is 10.1 Å². The Morgan fingerprint density at radius 3 is 2.78 bits per heavy atom. The number of aromatic nitrogens is 2. The van der Waals surface area contributed by atoms with E-state index in [-0.39, 0.29) is 16.5 Å². The largest absolute Gasteiger partial charge is 0.318 e. The minimum atomic E-state index is -0.559. The van der Waals surface area contributed by atoms with Crippen LogP contribution in [0, 0.1) is 5.82 Å². The van der Waals surface area contributed by atoms with Crippen LogP contribution >= 0.6 is 27.5 Å². The maximum atomic E-state index is 13.4. The van der Waals surface area contributed by atoms with E-state index in [4.69, 9.17) is 11.6 Å². The summed E-state index contributed by atoms with van der Waals surface area (Å²) >= 11 is 8.74. The van der Waals surface area contributed by atoms with Gasteiger partial charge in [-0.2, -0.15) is 0 Å². The third-order valence-corrected chi connectivity index (χ3v) is 2.72. The van der Waals surface area contributed by atoms with Crippen LogP contribution in [0.5, 0.6) is 0 Å². The fraction of sp³-hybridized carbons (Fsp3) is 0. The molecule has 1 heterocycles. The monoisotopic (exact) mass is 329 g/mol. The van der Waals surface area contributed by atoms with Gasteiger partial charge in [-0.3, -0.25) is 4.79 Å². The Morgan fingerprint density at radius 1 is 1.33 bits per heavy atom. The molecule has 0 aliphatic carbocycles. The van der Waals surface area contributed by atoms with Crippen LogP contribution < -0.4 is 5.32 Å². The number of nitrogens with zero attached hydrogens (tertiary/aromatic N) is 2. The van der Waals surface area contributed by atoms with Crippen LogP contribution in [0.3, 0.4) is 0 Å². The number of carbonyl (C=O) groups excluding carboxylic acids is 1. The summed E-state index contributed by atoms with van der Waals surface area (Å²) in [5.41, 5.74) is 0.116. The molecule has 2 aromatic rings. The van der Waals surface area contributed by atoms with Gasteiger partial charge in [-0.15, -0.1) is 0 Å². The summed E-state index contributed by atoms with van der Waals surface area (Å²) in [7, 11) is 0. The van der Waals surface area contributed by atoms with Crippen molar-refractivity contribution in [3.63, 3.8) is 0 Å². The Hall–Kier alpha value is -1.53. The van der Waals surface area contributed by atoms with E-state index in [1.54, 1.807) is 0 Å². The van der Waals surface area contributed by atoms with Gasteiger partial charge in [-0.25, -0.2) is 14.4 Å². The molecule has 0 atom stereocenters. The van der Waals surface area contributed by atoms with E-state index in [1.807, 2.05) is 0 Å². The Bertz CT molecular complexity index is 591. The van der Waals surface area contributed by atoms with Gasteiger partial charge in [0.25, 0.3) is 5.91 Å². The van der Waals surface area contributed by atoms with Crippen molar-refractivity contribution in [2.24, 2.45) is 0 Å². The van der Waals surface area contributed by atoms with Crippen LogP contribution in [0.2, 0.25) is 5.15 Å². The third-order valence-electron chi connectivity index (χ3n) is 2.03. The molecule has 0 radical (unpaired) electrons. The third kappa shape index (κ3) is 3.02. The molecule has 0 saturated heterocycles. The van der Waals surface area contributed by atoms with Gasteiger partial charge in [0.2, 0.25) is 0 Å². The first-order valence-electron chi connectivity index (χ1n) is 4.80. The number of carbonyl (C=O) groups is 1. The van der Waals surface area contributed by atoms with Gasteiger partial charge in [-0.05, 0) is 18.2 Å². The summed E-state index contributed by atoms with van der Waals surface area (Å²) in [4.78, 5) is 19.3. The Balaban J connectivity index is 2.21. The summed E-state index contributed by atoms with van der Waals surface area (Å²) in [5, 5.41) is 2.58. The smallest absolute Gasteiger partial charge is 0.275 e. The van der Waals surface area contributed by atoms with Crippen molar-refractivity contribution >= 4 is 39.1 Å². The molecule has 7 heteroatoms. The number of anilines is 1. The molecular weight excluding hydrogens is 324 g/mol. The number of hydrogen-bond donors (Lipinski definition) is 1. The lowest BCUT2D eigenvalue weighted by atomic mass is 10.3. The average Bonchev–Trinajstić information content (AvgIpc) is 2.34. The van der Waals surface area contributed by atoms with Crippen molar-refractivity contribution in [1.82, 2.24) is 9.97 Å². The highest BCUT2D eigenvalue weighted by Crippen LogP contribution is 2.20. The van der Waals surface area contributed by atoms with Gasteiger partial charge in [0.15, 0.2) is 0 Å². The highest BCUT2D eigenvalue weighted by Gasteiger charge is 2.11. The maximum absolute atomic E-state index is 13.4. The van der Waals surface area contributed by atoms with E-state index < -0.39 is 11.7 Å². The molecule has 4 nitrogen and oxygen atoms in total.